The van der Waals surface area contributed by atoms with Gasteiger partial charge in [0, 0.05) is 50.6 Å². The van der Waals surface area contributed by atoms with Crippen molar-refractivity contribution in [3.63, 3.8) is 0 Å². The Labute approximate surface area is 187 Å². The highest BCUT2D eigenvalue weighted by molar-refractivity contribution is 5.91. The van der Waals surface area contributed by atoms with E-state index < -0.39 is 0 Å². The summed E-state index contributed by atoms with van der Waals surface area (Å²) < 4.78 is 15.7. The molecule has 0 atom stereocenters. The highest BCUT2D eigenvalue weighted by atomic mass is 16.7. The minimum atomic E-state index is -0.354. The molecule has 1 fully saturated rings. The van der Waals surface area contributed by atoms with E-state index in [9.17, 15) is 9.59 Å². The molecular formula is C23H28N4O5. The van der Waals surface area contributed by atoms with E-state index in [-0.39, 0.29) is 18.7 Å². The number of benzene rings is 1. The van der Waals surface area contributed by atoms with Gasteiger partial charge in [0.1, 0.15) is 5.82 Å². The number of carbonyl (C=O) groups is 2. The van der Waals surface area contributed by atoms with Gasteiger partial charge in [-0.25, -0.2) is 9.78 Å². The van der Waals surface area contributed by atoms with Crippen LogP contribution in [0.15, 0.2) is 36.5 Å². The van der Waals surface area contributed by atoms with Gasteiger partial charge in [-0.2, -0.15) is 0 Å². The first-order valence-electron chi connectivity index (χ1n) is 10.9. The molecule has 9 heteroatoms. The second-order valence-corrected chi connectivity index (χ2v) is 7.67. The van der Waals surface area contributed by atoms with E-state index in [4.69, 9.17) is 14.2 Å². The largest absolute Gasteiger partial charge is 0.462 e. The van der Waals surface area contributed by atoms with Crippen LogP contribution in [0, 0.1) is 0 Å². The van der Waals surface area contributed by atoms with Crippen LogP contribution < -0.4 is 19.7 Å². The van der Waals surface area contributed by atoms with Crippen molar-refractivity contribution in [1.29, 1.82) is 0 Å². The molecule has 0 radical (unpaired) electrons. The van der Waals surface area contributed by atoms with Crippen molar-refractivity contribution in [3.8, 4) is 11.5 Å². The summed E-state index contributed by atoms with van der Waals surface area (Å²) in [6.45, 7) is 6.50. The Bertz CT molecular complexity index is 950. The molecule has 32 heavy (non-hydrogen) atoms. The summed E-state index contributed by atoms with van der Waals surface area (Å²) in [4.78, 5) is 33.1. The third-order valence-corrected chi connectivity index (χ3v) is 5.48. The summed E-state index contributed by atoms with van der Waals surface area (Å²) >= 11 is 0. The van der Waals surface area contributed by atoms with Crippen LogP contribution in [0.5, 0.6) is 11.5 Å². The van der Waals surface area contributed by atoms with Crippen LogP contribution >= 0.6 is 0 Å². The number of hydrogen-bond donors (Lipinski definition) is 1. The minimum absolute atomic E-state index is 0.0267. The Kier molecular flexibility index (Phi) is 7.06. The number of carbonyl (C=O) groups excluding carboxylic acids is 2. The van der Waals surface area contributed by atoms with E-state index >= 15 is 0 Å². The molecule has 9 nitrogen and oxygen atoms in total. The molecule has 2 aliphatic heterocycles. The van der Waals surface area contributed by atoms with Gasteiger partial charge in [-0.1, -0.05) is 0 Å². The molecule has 0 aliphatic carbocycles. The van der Waals surface area contributed by atoms with Gasteiger partial charge in [-0.3, -0.25) is 4.79 Å². The Balaban J connectivity index is 1.23. The van der Waals surface area contributed by atoms with Gasteiger partial charge in [0.15, 0.2) is 11.5 Å². The third-order valence-electron chi connectivity index (χ3n) is 5.48. The second kappa shape index (κ2) is 10.3. The first kappa shape index (κ1) is 21.9. The van der Waals surface area contributed by atoms with Crippen molar-refractivity contribution in [2.75, 3.05) is 56.3 Å². The number of amides is 1. The Morgan fingerprint density at radius 1 is 1.09 bits per heavy atom. The maximum Gasteiger partial charge on any atom is 0.339 e. The summed E-state index contributed by atoms with van der Waals surface area (Å²) in [5.41, 5.74) is 1.17. The molecule has 3 heterocycles. The third kappa shape index (κ3) is 5.47. The standard InChI is InChI=1S/C23H28N4O5/c1-2-30-23(29)17-4-7-21(24-15-17)27-10-3-9-26(12-13-27)11-8-22(28)25-18-5-6-19-20(14-18)32-16-31-19/h4-7,14-15H,2-3,8-13,16H2,1H3,(H,25,28). The van der Waals surface area contributed by atoms with Crippen LogP contribution in [0.3, 0.4) is 0 Å². The smallest absolute Gasteiger partial charge is 0.339 e. The van der Waals surface area contributed by atoms with Gasteiger partial charge >= 0.3 is 5.97 Å². The van der Waals surface area contributed by atoms with Crippen LogP contribution in [-0.4, -0.2) is 67.9 Å². The lowest BCUT2D eigenvalue weighted by Crippen LogP contribution is -2.33. The van der Waals surface area contributed by atoms with Crippen molar-refractivity contribution >= 4 is 23.4 Å². The first-order valence-corrected chi connectivity index (χ1v) is 10.9. The number of fused-ring (bicyclic) bond motifs is 1. The molecule has 0 bridgehead atoms. The van der Waals surface area contributed by atoms with E-state index in [1.807, 2.05) is 12.1 Å². The van der Waals surface area contributed by atoms with E-state index in [1.54, 1.807) is 31.3 Å². The van der Waals surface area contributed by atoms with Crippen molar-refractivity contribution in [2.45, 2.75) is 19.8 Å². The molecule has 1 saturated heterocycles. The molecule has 1 aromatic carbocycles. The van der Waals surface area contributed by atoms with Crippen molar-refractivity contribution in [2.24, 2.45) is 0 Å². The van der Waals surface area contributed by atoms with Crippen molar-refractivity contribution in [1.82, 2.24) is 9.88 Å². The van der Waals surface area contributed by atoms with E-state index in [2.05, 4.69) is 20.1 Å². The fraction of sp³-hybridized carbons (Fsp3) is 0.435. The number of ether oxygens (including phenoxy) is 3. The highest BCUT2D eigenvalue weighted by Crippen LogP contribution is 2.34. The topological polar surface area (TPSA) is 93.2 Å². The first-order chi connectivity index (χ1) is 15.6. The molecule has 0 saturated carbocycles. The fourth-order valence-corrected chi connectivity index (χ4v) is 3.79. The lowest BCUT2D eigenvalue weighted by molar-refractivity contribution is -0.116. The summed E-state index contributed by atoms with van der Waals surface area (Å²) in [6, 6.07) is 9.01. The molecule has 170 valence electrons. The van der Waals surface area contributed by atoms with Crippen LogP contribution in [0.2, 0.25) is 0 Å². The summed E-state index contributed by atoms with van der Waals surface area (Å²) in [5, 5.41) is 2.93. The molecule has 2 aliphatic rings. The van der Waals surface area contributed by atoms with E-state index in [1.165, 1.54) is 0 Å². The van der Waals surface area contributed by atoms with Crippen LogP contribution in [0.4, 0.5) is 11.5 Å². The predicted octanol–water partition coefficient (Wildman–Crippen LogP) is 2.53. The number of hydrogen-bond acceptors (Lipinski definition) is 8. The van der Waals surface area contributed by atoms with Crippen molar-refractivity contribution < 1.29 is 23.8 Å². The van der Waals surface area contributed by atoms with Gasteiger partial charge in [0.2, 0.25) is 12.7 Å². The quantitative estimate of drug-likeness (QED) is 0.657. The van der Waals surface area contributed by atoms with Gasteiger partial charge in [-0.05, 0) is 44.2 Å². The number of rotatable bonds is 7. The van der Waals surface area contributed by atoms with Gasteiger partial charge in [0.05, 0.1) is 12.2 Å². The number of esters is 1. The van der Waals surface area contributed by atoms with Crippen molar-refractivity contribution in [3.05, 3.63) is 42.1 Å². The van der Waals surface area contributed by atoms with Crippen LogP contribution in [-0.2, 0) is 9.53 Å². The van der Waals surface area contributed by atoms with Crippen LogP contribution in [0.1, 0.15) is 30.1 Å². The lowest BCUT2D eigenvalue weighted by atomic mass is 10.2. The Morgan fingerprint density at radius 3 is 2.78 bits per heavy atom. The average molecular weight is 441 g/mol. The maximum absolute atomic E-state index is 12.4. The fourth-order valence-electron chi connectivity index (χ4n) is 3.79. The zero-order valence-corrected chi connectivity index (χ0v) is 18.2. The van der Waals surface area contributed by atoms with Gasteiger partial charge in [0.25, 0.3) is 0 Å². The molecule has 4 rings (SSSR count). The van der Waals surface area contributed by atoms with Crippen LogP contribution in [0.25, 0.3) is 0 Å². The number of aromatic nitrogens is 1. The summed E-state index contributed by atoms with van der Waals surface area (Å²) in [6.07, 6.45) is 2.96. The maximum atomic E-state index is 12.4. The molecule has 1 amide bonds. The molecule has 2 aromatic rings. The minimum Gasteiger partial charge on any atom is -0.462 e. The molecule has 0 unspecified atom stereocenters. The van der Waals surface area contributed by atoms with Gasteiger partial charge < -0.3 is 29.3 Å². The Hall–Kier alpha value is -3.33. The number of nitrogens with one attached hydrogen (secondary N) is 1. The number of pyridine rings is 1. The summed E-state index contributed by atoms with van der Waals surface area (Å²) in [7, 11) is 0. The van der Waals surface area contributed by atoms with Gasteiger partial charge in [-0.15, -0.1) is 0 Å². The Morgan fingerprint density at radius 2 is 1.97 bits per heavy atom. The average Bonchev–Trinajstić information content (AvgIpc) is 3.14. The summed E-state index contributed by atoms with van der Waals surface area (Å²) in [5.74, 6) is 1.82. The second-order valence-electron chi connectivity index (χ2n) is 7.67. The number of nitrogens with zero attached hydrogens (tertiary/aromatic N) is 3. The highest BCUT2D eigenvalue weighted by Gasteiger charge is 2.18. The normalized spacial score (nSPS) is 15.8. The molecular weight excluding hydrogens is 412 g/mol. The molecule has 1 aromatic heterocycles. The number of anilines is 2. The monoisotopic (exact) mass is 440 g/mol. The zero-order chi connectivity index (χ0) is 22.3. The zero-order valence-electron chi connectivity index (χ0n) is 18.2. The van der Waals surface area contributed by atoms with E-state index in [0.717, 1.165) is 38.4 Å². The molecule has 0 spiro atoms. The SMILES string of the molecule is CCOC(=O)c1ccc(N2CCCN(CCC(=O)Nc3ccc4c(c3)OCO4)CC2)nc1. The van der Waals surface area contributed by atoms with E-state index in [0.29, 0.717) is 42.3 Å². The molecule has 1 N–H and O–H groups in total. The lowest BCUT2D eigenvalue weighted by Gasteiger charge is -2.22. The predicted molar refractivity (Wildman–Crippen MR) is 119 cm³/mol.